The zero-order valence-corrected chi connectivity index (χ0v) is 19.7. The van der Waals surface area contributed by atoms with Gasteiger partial charge in [0.25, 0.3) is 0 Å². The molecule has 4 nitrogen and oxygen atoms in total. The van der Waals surface area contributed by atoms with E-state index in [1.165, 1.54) is 23.8 Å². The highest BCUT2D eigenvalue weighted by atomic mass is 19.4. The van der Waals surface area contributed by atoms with Gasteiger partial charge in [0.2, 0.25) is 0 Å². The minimum atomic E-state index is -4.35. The maximum Gasteiger partial charge on any atom is 0.416 e. The van der Waals surface area contributed by atoms with Crippen molar-refractivity contribution < 1.29 is 27.5 Å². The van der Waals surface area contributed by atoms with Gasteiger partial charge < -0.3 is 15.3 Å². The van der Waals surface area contributed by atoms with Crippen LogP contribution >= 0.6 is 0 Å². The van der Waals surface area contributed by atoms with Gasteiger partial charge in [-0.1, -0.05) is 36.4 Å². The number of carboxylic acids is 1. The van der Waals surface area contributed by atoms with Gasteiger partial charge in [-0.3, -0.25) is 4.79 Å². The molecule has 0 fully saturated rings. The second kappa shape index (κ2) is 11.0. The summed E-state index contributed by atoms with van der Waals surface area (Å²) in [6, 6.07) is 16.3. The van der Waals surface area contributed by atoms with Crippen molar-refractivity contribution in [3.8, 4) is 0 Å². The van der Waals surface area contributed by atoms with Crippen LogP contribution in [-0.2, 0) is 36.8 Å². The molecular formula is C28H28F4N2O2. The second-order valence-corrected chi connectivity index (χ2v) is 9.01. The molecule has 0 saturated heterocycles. The predicted molar refractivity (Wildman–Crippen MR) is 132 cm³/mol. The van der Waals surface area contributed by atoms with Crippen molar-refractivity contribution in [3.63, 3.8) is 0 Å². The molecule has 4 rings (SSSR count). The summed E-state index contributed by atoms with van der Waals surface area (Å²) in [5.74, 6) is -1.40. The van der Waals surface area contributed by atoms with E-state index >= 15 is 0 Å². The summed E-state index contributed by atoms with van der Waals surface area (Å²) in [5, 5.41) is 12.1. The van der Waals surface area contributed by atoms with Gasteiger partial charge >= 0.3 is 12.1 Å². The minimum absolute atomic E-state index is 0.121. The monoisotopic (exact) mass is 500 g/mol. The fraction of sp³-hybridized carbons (Fsp3) is 0.321. The SMILES string of the molecule is O=C(O)CCc1ccc(NCc2cccc3c2CCCN3CCc2cccc(C(F)(F)F)c2)cc1F. The second-order valence-electron chi connectivity index (χ2n) is 9.01. The van der Waals surface area contributed by atoms with Crippen LogP contribution in [0.4, 0.5) is 28.9 Å². The number of aryl methyl sites for hydroxylation is 1. The van der Waals surface area contributed by atoms with Crippen molar-refractivity contribution in [2.75, 3.05) is 23.3 Å². The van der Waals surface area contributed by atoms with E-state index in [2.05, 4.69) is 10.2 Å². The predicted octanol–water partition coefficient (Wildman–Crippen LogP) is 6.47. The van der Waals surface area contributed by atoms with E-state index < -0.39 is 23.5 Å². The molecule has 0 amide bonds. The number of halogens is 4. The van der Waals surface area contributed by atoms with Gasteiger partial charge in [0, 0.05) is 37.4 Å². The summed E-state index contributed by atoms with van der Waals surface area (Å²) in [7, 11) is 0. The molecule has 0 saturated carbocycles. The first-order chi connectivity index (χ1) is 17.2. The number of anilines is 2. The highest BCUT2D eigenvalue weighted by molar-refractivity contribution is 5.67. The maximum atomic E-state index is 14.4. The highest BCUT2D eigenvalue weighted by Gasteiger charge is 2.30. The van der Waals surface area contributed by atoms with E-state index in [0.29, 0.717) is 36.3 Å². The molecule has 36 heavy (non-hydrogen) atoms. The number of hydrogen-bond donors (Lipinski definition) is 2. The van der Waals surface area contributed by atoms with Crippen LogP contribution in [0.25, 0.3) is 0 Å². The molecule has 0 aliphatic carbocycles. The molecule has 0 bridgehead atoms. The van der Waals surface area contributed by atoms with Gasteiger partial charge in [0.05, 0.1) is 5.56 Å². The van der Waals surface area contributed by atoms with E-state index in [4.69, 9.17) is 5.11 Å². The molecule has 8 heteroatoms. The number of rotatable bonds is 9. The molecule has 0 atom stereocenters. The Morgan fingerprint density at radius 2 is 1.81 bits per heavy atom. The third kappa shape index (κ3) is 6.36. The standard InChI is InChI=1S/C28H28F4N2O2/c29-25-17-23(11-9-20(25)10-12-27(35)36)33-18-21-5-2-8-26-24(21)7-3-14-34(26)15-13-19-4-1-6-22(16-19)28(30,31)32/h1-2,4-6,8-9,11,16-17,33H,3,7,10,12-15,18H2,(H,35,36). The molecule has 2 N–H and O–H groups in total. The number of hydrogen-bond acceptors (Lipinski definition) is 3. The summed E-state index contributed by atoms with van der Waals surface area (Å²) in [6.45, 7) is 1.96. The van der Waals surface area contributed by atoms with E-state index in [0.717, 1.165) is 36.7 Å². The van der Waals surface area contributed by atoms with Crippen molar-refractivity contribution in [2.24, 2.45) is 0 Å². The van der Waals surface area contributed by atoms with Gasteiger partial charge in [-0.05, 0) is 72.2 Å². The molecule has 190 valence electrons. The lowest BCUT2D eigenvalue weighted by Crippen LogP contribution is -2.32. The number of carbonyl (C=O) groups is 1. The molecule has 0 aromatic heterocycles. The van der Waals surface area contributed by atoms with Crippen LogP contribution in [0.1, 0.15) is 40.7 Å². The van der Waals surface area contributed by atoms with Gasteiger partial charge in [-0.15, -0.1) is 0 Å². The molecule has 1 heterocycles. The zero-order chi connectivity index (χ0) is 25.7. The number of nitrogens with one attached hydrogen (secondary N) is 1. The lowest BCUT2D eigenvalue weighted by Gasteiger charge is -2.33. The highest BCUT2D eigenvalue weighted by Crippen LogP contribution is 2.32. The van der Waals surface area contributed by atoms with Gasteiger partial charge in [0.15, 0.2) is 0 Å². The van der Waals surface area contributed by atoms with Gasteiger partial charge in [-0.25, -0.2) is 4.39 Å². The Bertz CT molecular complexity index is 1230. The lowest BCUT2D eigenvalue weighted by atomic mass is 9.95. The van der Waals surface area contributed by atoms with E-state index in [-0.39, 0.29) is 12.8 Å². The van der Waals surface area contributed by atoms with Crippen molar-refractivity contribution in [1.82, 2.24) is 0 Å². The fourth-order valence-electron chi connectivity index (χ4n) is 4.64. The van der Waals surface area contributed by atoms with Crippen molar-refractivity contribution in [1.29, 1.82) is 0 Å². The topological polar surface area (TPSA) is 52.6 Å². The third-order valence-electron chi connectivity index (χ3n) is 6.51. The van der Waals surface area contributed by atoms with E-state index in [9.17, 15) is 22.4 Å². The first-order valence-corrected chi connectivity index (χ1v) is 12.0. The molecule has 1 aliphatic heterocycles. The van der Waals surface area contributed by atoms with Crippen LogP contribution in [0.15, 0.2) is 60.7 Å². The quantitative estimate of drug-likeness (QED) is 0.331. The Morgan fingerprint density at radius 1 is 1.00 bits per heavy atom. The molecule has 0 unspecified atom stereocenters. The van der Waals surface area contributed by atoms with Gasteiger partial charge in [-0.2, -0.15) is 13.2 Å². The maximum absolute atomic E-state index is 14.4. The van der Waals surface area contributed by atoms with Crippen molar-refractivity contribution in [3.05, 3.63) is 94.3 Å². The first-order valence-electron chi connectivity index (χ1n) is 12.0. The largest absolute Gasteiger partial charge is 0.481 e. The normalized spacial score (nSPS) is 13.4. The number of carboxylic acid groups (broad SMARTS) is 1. The van der Waals surface area contributed by atoms with Crippen LogP contribution in [0, 0.1) is 5.82 Å². The summed E-state index contributed by atoms with van der Waals surface area (Å²) in [6.07, 6.45) is -1.97. The molecule has 0 radical (unpaired) electrons. The summed E-state index contributed by atoms with van der Waals surface area (Å²) < 4.78 is 53.5. The molecular weight excluding hydrogens is 472 g/mol. The molecule has 1 aliphatic rings. The third-order valence-corrected chi connectivity index (χ3v) is 6.51. The Balaban J connectivity index is 1.42. The molecule has 0 spiro atoms. The van der Waals surface area contributed by atoms with Gasteiger partial charge in [0.1, 0.15) is 5.82 Å². The van der Waals surface area contributed by atoms with Crippen molar-refractivity contribution in [2.45, 2.75) is 44.8 Å². The zero-order valence-electron chi connectivity index (χ0n) is 19.7. The Kier molecular flexibility index (Phi) is 7.82. The Hall–Kier alpha value is -3.55. The van der Waals surface area contributed by atoms with Crippen LogP contribution < -0.4 is 10.2 Å². The summed E-state index contributed by atoms with van der Waals surface area (Å²) in [5.41, 5.74) is 4.38. The summed E-state index contributed by atoms with van der Waals surface area (Å²) in [4.78, 5) is 13.0. The summed E-state index contributed by atoms with van der Waals surface area (Å²) >= 11 is 0. The molecule has 3 aromatic rings. The van der Waals surface area contributed by atoms with Crippen molar-refractivity contribution >= 4 is 17.3 Å². The molecule has 3 aromatic carbocycles. The number of alkyl halides is 3. The van der Waals surface area contributed by atoms with Crippen LogP contribution in [-0.4, -0.2) is 24.2 Å². The minimum Gasteiger partial charge on any atom is -0.481 e. The smallest absolute Gasteiger partial charge is 0.416 e. The fourth-order valence-corrected chi connectivity index (χ4v) is 4.64. The number of aliphatic carboxylic acids is 1. The Labute approximate surface area is 207 Å². The lowest BCUT2D eigenvalue weighted by molar-refractivity contribution is -0.138. The number of fused-ring (bicyclic) bond motifs is 1. The Morgan fingerprint density at radius 3 is 2.56 bits per heavy atom. The average molecular weight is 501 g/mol. The first kappa shape index (κ1) is 25.5. The number of benzene rings is 3. The number of nitrogens with zero attached hydrogens (tertiary/aromatic N) is 1. The van der Waals surface area contributed by atoms with E-state index in [1.54, 1.807) is 18.2 Å². The van der Waals surface area contributed by atoms with Crippen LogP contribution in [0.5, 0.6) is 0 Å². The van der Waals surface area contributed by atoms with E-state index in [1.807, 2.05) is 18.2 Å². The van der Waals surface area contributed by atoms with Crippen LogP contribution in [0.2, 0.25) is 0 Å². The average Bonchev–Trinajstić information content (AvgIpc) is 2.85. The van der Waals surface area contributed by atoms with Crippen LogP contribution in [0.3, 0.4) is 0 Å².